The summed E-state index contributed by atoms with van der Waals surface area (Å²) in [5.74, 6) is -1.79. The maximum atomic E-state index is 9.10. The standard InChI is InChI=1S/C18H28ClNO.C2H2O4/c1-16-10-13-20(14-11-16)12-4-2-3-5-15-21-18-8-6-17(19)7-9-18;3-1(4)2(5)6/h6-9,16H,2-5,10-15H2,1H3;(H,3,4)(H,5,6). The van der Waals surface area contributed by atoms with Gasteiger partial charge in [0.25, 0.3) is 0 Å². The van der Waals surface area contributed by atoms with Crippen LogP contribution in [-0.2, 0) is 9.59 Å². The van der Waals surface area contributed by atoms with Crippen molar-refractivity contribution in [1.29, 1.82) is 0 Å². The van der Waals surface area contributed by atoms with Crippen molar-refractivity contribution in [3.63, 3.8) is 0 Å². The predicted octanol–water partition coefficient (Wildman–Crippen LogP) is 4.17. The van der Waals surface area contributed by atoms with Crippen molar-refractivity contribution in [1.82, 2.24) is 4.90 Å². The number of nitrogens with zero attached hydrogens (tertiary/aromatic N) is 1. The van der Waals surface area contributed by atoms with Gasteiger partial charge in [0.1, 0.15) is 5.75 Å². The lowest BCUT2D eigenvalue weighted by Crippen LogP contribution is -2.33. The zero-order valence-corrected chi connectivity index (χ0v) is 16.7. The molecule has 1 aliphatic heterocycles. The van der Waals surface area contributed by atoms with E-state index in [-0.39, 0.29) is 0 Å². The molecule has 0 unspecified atom stereocenters. The van der Waals surface area contributed by atoms with Crippen LogP contribution in [0.4, 0.5) is 0 Å². The lowest BCUT2D eigenvalue weighted by atomic mass is 9.99. The first kappa shape index (κ1) is 23.2. The Kier molecular flexibility index (Phi) is 11.5. The monoisotopic (exact) mass is 399 g/mol. The van der Waals surface area contributed by atoms with E-state index in [1.807, 2.05) is 24.3 Å². The van der Waals surface area contributed by atoms with Crippen LogP contribution in [0.2, 0.25) is 5.02 Å². The molecule has 0 atom stereocenters. The first-order valence-corrected chi connectivity index (χ1v) is 9.83. The highest BCUT2D eigenvalue weighted by Crippen LogP contribution is 2.17. The van der Waals surface area contributed by atoms with Crippen molar-refractivity contribution in [2.75, 3.05) is 26.2 Å². The molecule has 152 valence electrons. The lowest BCUT2D eigenvalue weighted by molar-refractivity contribution is -0.159. The van der Waals surface area contributed by atoms with Crippen molar-refractivity contribution in [2.45, 2.75) is 45.4 Å². The van der Waals surface area contributed by atoms with E-state index in [0.29, 0.717) is 0 Å². The fourth-order valence-electron chi connectivity index (χ4n) is 2.80. The third-order valence-electron chi connectivity index (χ3n) is 4.51. The first-order chi connectivity index (χ1) is 12.9. The normalized spacial score (nSPS) is 14.9. The van der Waals surface area contributed by atoms with E-state index in [4.69, 9.17) is 36.1 Å². The number of unbranched alkanes of at least 4 members (excludes halogenated alkanes) is 3. The number of hydrogen-bond donors (Lipinski definition) is 2. The van der Waals surface area contributed by atoms with Crippen LogP contribution in [0.15, 0.2) is 24.3 Å². The van der Waals surface area contributed by atoms with E-state index in [2.05, 4.69) is 11.8 Å². The Bertz CT molecular complexity index is 544. The lowest BCUT2D eigenvalue weighted by Gasteiger charge is -2.30. The second kappa shape index (κ2) is 13.4. The van der Waals surface area contributed by atoms with E-state index in [1.54, 1.807) is 0 Å². The maximum absolute atomic E-state index is 9.10. The van der Waals surface area contributed by atoms with Crippen LogP contribution >= 0.6 is 11.6 Å². The van der Waals surface area contributed by atoms with Gasteiger partial charge in [-0.15, -0.1) is 0 Å². The third-order valence-corrected chi connectivity index (χ3v) is 4.76. The fourth-order valence-corrected chi connectivity index (χ4v) is 2.92. The quantitative estimate of drug-likeness (QED) is 0.504. The smallest absolute Gasteiger partial charge is 0.414 e. The van der Waals surface area contributed by atoms with E-state index < -0.39 is 11.9 Å². The molecule has 1 heterocycles. The largest absolute Gasteiger partial charge is 0.494 e. The van der Waals surface area contributed by atoms with E-state index in [0.717, 1.165) is 29.7 Å². The van der Waals surface area contributed by atoms with Gasteiger partial charge in [-0.1, -0.05) is 31.4 Å². The predicted molar refractivity (Wildman–Crippen MR) is 106 cm³/mol. The molecule has 0 aliphatic carbocycles. The number of aliphatic carboxylic acids is 2. The highest BCUT2D eigenvalue weighted by atomic mass is 35.5. The zero-order valence-electron chi connectivity index (χ0n) is 15.9. The van der Waals surface area contributed by atoms with Gasteiger partial charge in [-0.3, -0.25) is 0 Å². The van der Waals surface area contributed by atoms with Gasteiger partial charge in [-0.05, 0) is 75.5 Å². The van der Waals surface area contributed by atoms with Crippen LogP contribution in [0.5, 0.6) is 5.75 Å². The Morgan fingerprint density at radius 1 is 1.04 bits per heavy atom. The molecule has 0 aromatic heterocycles. The SMILES string of the molecule is CC1CCN(CCCCCCOc2ccc(Cl)cc2)CC1.O=C(O)C(=O)O. The molecule has 2 N–H and O–H groups in total. The van der Waals surface area contributed by atoms with Crippen molar-refractivity contribution in [3.8, 4) is 5.75 Å². The zero-order chi connectivity index (χ0) is 20.1. The number of piperidine rings is 1. The summed E-state index contributed by atoms with van der Waals surface area (Å²) >= 11 is 5.84. The molecule has 2 rings (SSSR count). The minimum absolute atomic E-state index is 0.759. The second-order valence-corrected chi connectivity index (χ2v) is 7.29. The minimum Gasteiger partial charge on any atom is -0.494 e. The molecular weight excluding hydrogens is 370 g/mol. The fraction of sp³-hybridized carbons (Fsp3) is 0.600. The molecule has 27 heavy (non-hydrogen) atoms. The molecule has 1 fully saturated rings. The van der Waals surface area contributed by atoms with Gasteiger partial charge in [-0.25, -0.2) is 9.59 Å². The summed E-state index contributed by atoms with van der Waals surface area (Å²) in [6.45, 7) is 7.08. The number of carbonyl (C=O) groups is 2. The number of rotatable bonds is 8. The topological polar surface area (TPSA) is 87.1 Å². The van der Waals surface area contributed by atoms with Crippen molar-refractivity contribution >= 4 is 23.5 Å². The molecule has 0 spiro atoms. The number of ether oxygens (including phenoxy) is 1. The van der Waals surface area contributed by atoms with Crippen LogP contribution in [-0.4, -0.2) is 53.3 Å². The molecule has 0 amide bonds. The van der Waals surface area contributed by atoms with Crippen LogP contribution in [0.3, 0.4) is 0 Å². The molecule has 1 aromatic carbocycles. The van der Waals surface area contributed by atoms with Gasteiger partial charge in [0.15, 0.2) is 0 Å². The summed E-state index contributed by atoms with van der Waals surface area (Å²) in [6, 6.07) is 7.60. The van der Waals surface area contributed by atoms with Crippen LogP contribution in [0, 0.1) is 5.92 Å². The number of hydrogen-bond acceptors (Lipinski definition) is 4. The Balaban J connectivity index is 0.000000527. The average Bonchev–Trinajstić information content (AvgIpc) is 2.64. The molecule has 0 saturated carbocycles. The van der Waals surface area contributed by atoms with Crippen LogP contribution in [0.1, 0.15) is 45.4 Å². The van der Waals surface area contributed by atoms with E-state index in [9.17, 15) is 0 Å². The van der Waals surface area contributed by atoms with Gasteiger partial charge in [-0.2, -0.15) is 0 Å². The summed E-state index contributed by atoms with van der Waals surface area (Å²) < 4.78 is 5.70. The Morgan fingerprint density at radius 2 is 1.59 bits per heavy atom. The molecule has 7 heteroatoms. The number of carboxylic acids is 2. The van der Waals surface area contributed by atoms with Crippen LogP contribution < -0.4 is 4.74 Å². The highest BCUT2D eigenvalue weighted by Gasteiger charge is 2.14. The van der Waals surface area contributed by atoms with E-state index in [1.165, 1.54) is 51.7 Å². The highest BCUT2D eigenvalue weighted by molar-refractivity contribution is 6.30. The Hall–Kier alpha value is -1.79. The van der Waals surface area contributed by atoms with E-state index >= 15 is 0 Å². The first-order valence-electron chi connectivity index (χ1n) is 9.45. The third kappa shape index (κ3) is 11.5. The Labute approximate surface area is 166 Å². The second-order valence-electron chi connectivity index (χ2n) is 6.85. The van der Waals surface area contributed by atoms with Gasteiger partial charge in [0, 0.05) is 5.02 Å². The molecular formula is C20H30ClNO5. The molecule has 0 radical (unpaired) electrons. The van der Waals surface area contributed by atoms with Gasteiger partial charge >= 0.3 is 11.9 Å². The van der Waals surface area contributed by atoms with Gasteiger partial charge in [0.2, 0.25) is 0 Å². The maximum Gasteiger partial charge on any atom is 0.414 e. The number of carboxylic acid groups (broad SMARTS) is 2. The average molecular weight is 400 g/mol. The minimum atomic E-state index is -1.82. The molecule has 1 saturated heterocycles. The summed E-state index contributed by atoms with van der Waals surface area (Å²) in [5, 5.41) is 15.5. The van der Waals surface area contributed by atoms with Gasteiger partial charge < -0.3 is 19.8 Å². The number of benzene rings is 1. The molecule has 1 aromatic rings. The Morgan fingerprint density at radius 3 is 2.15 bits per heavy atom. The van der Waals surface area contributed by atoms with Crippen molar-refractivity contribution < 1.29 is 24.5 Å². The molecule has 1 aliphatic rings. The van der Waals surface area contributed by atoms with Crippen LogP contribution in [0.25, 0.3) is 0 Å². The summed E-state index contributed by atoms with van der Waals surface area (Å²) in [7, 11) is 0. The molecule has 6 nitrogen and oxygen atoms in total. The number of likely N-dealkylation sites (tertiary alicyclic amines) is 1. The summed E-state index contributed by atoms with van der Waals surface area (Å²) in [4.78, 5) is 20.8. The van der Waals surface area contributed by atoms with Crippen molar-refractivity contribution in [3.05, 3.63) is 29.3 Å². The molecule has 0 bridgehead atoms. The summed E-state index contributed by atoms with van der Waals surface area (Å²) in [6.07, 6.45) is 7.81. The number of halogens is 1. The summed E-state index contributed by atoms with van der Waals surface area (Å²) in [5.41, 5.74) is 0. The van der Waals surface area contributed by atoms with Crippen molar-refractivity contribution in [2.24, 2.45) is 5.92 Å². The van der Waals surface area contributed by atoms with Gasteiger partial charge in [0.05, 0.1) is 6.61 Å².